The molecule has 3 heteroatoms. The third-order valence-corrected chi connectivity index (χ3v) is 4.45. The van der Waals surface area contributed by atoms with Gasteiger partial charge in [-0.3, -0.25) is 4.79 Å². The zero-order valence-corrected chi connectivity index (χ0v) is 15.9. The third kappa shape index (κ3) is 5.63. The fourth-order valence-corrected chi connectivity index (χ4v) is 2.72. The summed E-state index contributed by atoms with van der Waals surface area (Å²) in [6.07, 6.45) is 1.25. The first-order valence-corrected chi connectivity index (χ1v) is 8.82. The van der Waals surface area contributed by atoms with Crippen LogP contribution in [0, 0.1) is 0 Å². The topological polar surface area (TPSA) is 38.3 Å². The number of hydrogen-bond donors (Lipinski definition) is 1. The van der Waals surface area contributed by atoms with Gasteiger partial charge < -0.3 is 10.1 Å². The molecule has 0 bridgehead atoms. The van der Waals surface area contributed by atoms with Crippen molar-refractivity contribution in [2.24, 2.45) is 0 Å². The van der Waals surface area contributed by atoms with Crippen molar-refractivity contribution >= 4 is 5.91 Å². The quantitative estimate of drug-likeness (QED) is 0.821. The van der Waals surface area contributed by atoms with Gasteiger partial charge in [0.25, 0.3) is 0 Å². The van der Waals surface area contributed by atoms with Crippen molar-refractivity contribution in [2.75, 3.05) is 7.11 Å². The summed E-state index contributed by atoms with van der Waals surface area (Å²) in [5.41, 5.74) is 3.74. The Kier molecular flexibility index (Phi) is 6.24. The largest absolute Gasteiger partial charge is 0.497 e. The second-order valence-electron chi connectivity index (χ2n) is 7.51. The van der Waals surface area contributed by atoms with Crippen LogP contribution in [0.3, 0.4) is 0 Å². The van der Waals surface area contributed by atoms with E-state index < -0.39 is 0 Å². The highest BCUT2D eigenvalue weighted by Crippen LogP contribution is 2.22. The van der Waals surface area contributed by atoms with E-state index in [1.807, 2.05) is 31.2 Å². The number of methoxy groups -OCH3 is 1. The third-order valence-electron chi connectivity index (χ3n) is 4.45. The number of ether oxygens (including phenoxy) is 1. The fraction of sp³-hybridized carbons (Fsp3) is 0.409. The smallest absolute Gasteiger partial charge is 0.220 e. The first kappa shape index (κ1) is 19.0. The standard InChI is InChI=1S/C22H29NO2/c1-16(18-9-13-20(25-5)14-10-18)23-21(24)15-8-17-6-11-19(12-7-17)22(2,3)4/h6-7,9-14,16H,8,15H2,1-5H3,(H,23,24). The molecule has 0 fully saturated rings. The molecule has 0 radical (unpaired) electrons. The van der Waals surface area contributed by atoms with Gasteiger partial charge in [-0.1, -0.05) is 57.2 Å². The van der Waals surface area contributed by atoms with Crippen LogP contribution in [-0.4, -0.2) is 13.0 Å². The molecule has 1 unspecified atom stereocenters. The van der Waals surface area contributed by atoms with Crippen molar-refractivity contribution < 1.29 is 9.53 Å². The number of rotatable bonds is 6. The normalized spacial score (nSPS) is 12.5. The lowest BCUT2D eigenvalue weighted by Gasteiger charge is -2.19. The molecule has 0 saturated heterocycles. The van der Waals surface area contributed by atoms with E-state index in [2.05, 4.69) is 50.4 Å². The minimum absolute atomic E-state index is 0.0123. The van der Waals surface area contributed by atoms with Crippen LogP contribution in [0.2, 0.25) is 0 Å². The Hall–Kier alpha value is -2.29. The number of nitrogens with one attached hydrogen (secondary N) is 1. The summed E-state index contributed by atoms with van der Waals surface area (Å²) in [4.78, 5) is 12.2. The maximum Gasteiger partial charge on any atom is 0.220 e. The maximum atomic E-state index is 12.2. The molecule has 1 N–H and O–H groups in total. The lowest BCUT2D eigenvalue weighted by Crippen LogP contribution is -2.26. The molecule has 1 atom stereocenters. The molecular weight excluding hydrogens is 310 g/mol. The summed E-state index contributed by atoms with van der Waals surface area (Å²) in [6, 6.07) is 16.3. The summed E-state index contributed by atoms with van der Waals surface area (Å²) in [5, 5.41) is 3.06. The summed E-state index contributed by atoms with van der Waals surface area (Å²) < 4.78 is 5.16. The number of carbonyl (C=O) groups excluding carboxylic acids is 1. The van der Waals surface area contributed by atoms with Crippen molar-refractivity contribution in [3.8, 4) is 5.75 Å². The van der Waals surface area contributed by atoms with Crippen LogP contribution in [0.4, 0.5) is 0 Å². The van der Waals surface area contributed by atoms with Crippen LogP contribution in [-0.2, 0) is 16.6 Å². The van der Waals surface area contributed by atoms with Crippen molar-refractivity contribution in [2.45, 2.75) is 52.0 Å². The van der Waals surface area contributed by atoms with Crippen LogP contribution in [0.5, 0.6) is 5.75 Å². The van der Waals surface area contributed by atoms with Gasteiger partial charge in [0.2, 0.25) is 5.91 Å². The second kappa shape index (κ2) is 8.19. The molecule has 2 rings (SSSR count). The average Bonchev–Trinajstić information content (AvgIpc) is 2.59. The highest BCUT2D eigenvalue weighted by atomic mass is 16.5. The molecule has 134 valence electrons. The molecule has 0 aliphatic rings. The van der Waals surface area contributed by atoms with Crippen molar-refractivity contribution in [1.29, 1.82) is 0 Å². The van der Waals surface area contributed by atoms with Gasteiger partial charge in [0.15, 0.2) is 0 Å². The lowest BCUT2D eigenvalue weighted by molar-refractivity contribution is -0.121. The highest BCUT2D eigenvalue weighted by Gasteiger charge is 2.13. The molecule has 0 aliphatic heterocycles. The molecule has 3 nitrogen and oxygen atoms in total. The summed E-state index contributed by atoms with van der Waals surface area (Å²) in [7, 11) is 1.65. The molecule has 25 heavy (non-hydrogen) atoms. The monoisotopic (exact) mass is 339 g/mol. The van der Waals surface area contributed by atoms with Crippen molar-refractivity contribution in [3.05, 3.63) is 65.2 Å². The Morgan fingerprint density at radius 3 is 2.16 bits per heavy atom. The van der Waals surface area contributed by atoms with E-state index in [0.717, 1.165) is 17.7 Å². The van der Waals surface area contributed by atoms with E-state index >= 15 is 0 Å². The lowest BCUT2D eigenvalue weighted by atomic mass is 9.86. The number of aryl methyl sites for hydroxylation is 1. The molecule has 1 amide bonds. The van der Waals surface area contributed by atoms with Gasteiger partial charge in [-0.25, -0.2) is 0 Å². The zero-order valence-electron chi connectivity index (χ0n) is 15.9. The highest BCUT2D eigenvalue weighted by molar-refractivity contribution is 5.76. The van der Waals surface area contributed by atoms with Crippen molar-refractivity contribution in [1.82, 2.24) is 5.32 Å². The molecule has 2 aromatic carbocycles. The Labute approximate surface area is 151 Å². The Morgan fingerprint density at radius 2 is 1.64 bits per heavy atom. The molecule has 0 saturated carbocycles. The summed E-state index contributed by atoms with van der Waals surface area (Å²) in [6.45, 7) is 8.61. The number of carbonyl (C=O) groups is 1. The molecule has 0 heterocycles. The predicted octanol–water partition coefficient (Wildman–Crippen LogP) is 4.80. The number of amides is 1. The SMILES string of the molecule is COc1ccc(C(C)NC(=O)CCc2ccc(C(C)(C)C)cc2)cc1. The minimum Gasteiger partial charge on any atom is -0.497 e. The van der Waals surface area contributed by atoms with Crippen LogP contribution >= 0.6 is 0 Å². The Morgan fingerprint density at radius 1 is 1.04 bits per heavy atom. The van der Waals surface area contributed by atoms with Gasteiger partial charge in [-0.2, -0.15) is 0 Å². The van der Waals surface area contributed by atoms with Gasteiger partial charge >= 0.3 is 0 Å². The van der Waals surface area contributed by atoms with E-state index in [-0.39, 0.29) is 17.4 Å². The minimum atomic E-state index is -0.0123. The van der Waals surface area contributed by atoms with E-state index in [1.54, 1.807) is 7.11 Å². The Bertz CT molecular complexity index is 681. The molecule has 0 aromatic heterocycles. The zero-order chi connectivity index (χ0) is 18.4. The van der Waals surface area contributed by atoms with E-state index in [9.17, 15) is 4.79 Å². The molecular formula is C22H29NO2. The van der Waals surface area contributed by atoms with Crippen LogP contribution < -0.4 is 10.1 Å². The predicted molar refractivity (Wildman–Crippen MR) is 103 cm³/mol. The van der Waals surface area contributed by atoms with Crippen LogP contribution in [0.25, 0.3) is 0 Å². The summed E-state index contributed by atoms with van der Waals surface area (Å²) in [5.74, 6) is 0.893. The number of hydrogen-bond acceptors (Lipinski definition) is 2. The van der Waals surface area contributed by atoms with Crippen molar-refractivity contribution in [3.63, 3.8) is 0 Å². The van der Waals surface area contributed by atoms with Gasteiger partial charge in [0.1, 0.15) is 5.75 Å². The van der Waals surface area contributed by atoms with Crippen LogP contribution in [0.15, 0.2) is 48.5 Å². The molecule has 0 spiro atoms. The van der Waals surface area contributed by atoms with E-state index in [1.165, 1.54) is 11.1 Å². The van der Waals surface area contributed by atoms with Gasteiger partial charge in [0.05, 0.1) is 13.2 Å². The van der Waals surface area contributed by atoms with E-state index in [4.69, 9.17) is 4.74 Å². The summed E-state index contributed by atoms with van der Waals surface area (Å²) >= 11 is 0. The van der Waals surface area contributed by atoms with Gasteiger partial charge in [0, 0.05) is 6.42 Å². The fourth-order valence-electron chi connectivity index (χ4n) is 2.72. The maximum absolute atomic E-state index is 12.2. The van der Waals surface area contributed by atoms with Gasteiger partial charge in [-0.15, -0.1) is 0 Å². The second-order valence-corrected chi connectivity index (χ2v) is 7.51. The number of benzene rings is 2. The molecule has 0 aliphatic carbocycles. The van der Waals surface area contributed by atoms with E-state index in [0.29, 0.717) is 6.42 Å². The average molecular weight is 339 g/mol. The first-order valence-electron chi connectivity index (χ1n) is 8.82. The molecule has 2 aromatic rings. The van der Waals surface area contributed by atoms with Gasteiger partial charge in [-0.05, 0) is 47.6 Å². The van der Waals surface area contributed by atoms with Crippen LogP contribution in [0.1, 0.15) is 56.8 Å². The first-order chi connectivity index (χ1) is 11.8. The Balaban J connectivity index is 1.85.